The Morgan fingerprint density at radius 3 is 2.19 bits per heavy atom. The molecule has 3 aromatic carbocycles. The Hall–Kier alpha value is -3.29. The van der Waals surface area contributed by atoms with E-state index in [2.05, 4.69) is 10.6 Å². The molecule has 1 aliphatic rings. The Bertz CT molecular complexity index is 1570. The molecule has 0 bridgehead atoms. The van der Waals surface area contributed by atoms with Crippen LogP contribution in [0.1, 0.15) is 53.0 Å². The summed E-state index contributed by atoms with van der Waals surface area (Å²) in [4.78, 5) is 38.7. The number of benzene rings is 3. The maximum absolute atomic E-state index is 13.5. The molecule has 4 aromatic rings. The van der Waals surface area contributed by atoms with Gasteiger partial charge in [0.05, 0.1) is 16.3 Å². The zero-order chi connectivity index (χ0) is 27.5. The summed E-state index contributed by atoms with van der Waals surface area (Å²) in [6, 6.07) is 17.8. The van der Waals surface area contributed by atoms with E-state index in [9.17, 15) is 19.5 Å². The van der Waals surface area contributed by atoms with Crippen LogP contribution in [0, 0.1) is 5.92 Å². The van der Waals surface area contributed by atoms with E-state index in [1.54, 1.807) is 36.4 Å². The van der Waals surface area contributed by atoms with E-state index in [0.717, 1.165) is 42.9 Å². The molecule has 6 N–H and O–H groups in total. The van der Waals surface area contributed by atoms with E-state index < -0.39 is 23.8 Å². The van der Waals surface area contributed by atoms with Crippen LogP contribution in [0.5, 0.6) is 0 Å². The normalized spacial score (nSPS) is 13.6. The molecule has 0 saturated heterocycles. The van der Waals surface area contributed by atoms with Crippen molar-refractivity contribution < 1.29 is 53.7 Å². The molecule has 2 amide bonds. The minimum Gasteiger partial charge on any atom is -0.870 e. The van der Waals surface area contributed by atoms with Crippen LogP contribution in [0.15, 0.2) is 71.1 Å². The summed E-state index contributed by atoms with van der Waals surface area (Å²) in [5.41, 5.74) is 0.983. The summed E-state index contributed by atoms with van der Waals surface area (Å²) in [6.45, 7) is 0. The van der Waals surface area contributed by atoms with Crippen molar-refractivity contribution in [3.63, 3.8) is 0 Å². The summed E-state index contributed by atoms with van der Waals surface area (Å²) in [5, 5.41) is 17.8. The average molecular weight is 607 g/mol. The molecule has 0 aliphatic heterocycles. The van der Waals surface area contributed by atoms with Crippen molar-refractivity contribution in [3.8, 4) is 11.3 Å². The van der Waals surface area contributed by atoms with E-state index in [1.807, 2.05) is 24.3 Å². The summed E-state index contributed by atoms with van der Waals surface area (Å²) in [6.07, 6.45) is 4.44. The molecule has 0 radical (unpaired) electrons. The Morgan fingerprint density at radius 1 is 0.881 bits per heavy atom. The fourth-order valence-electron chi connectivity index (χ4n) is 5.08. The van der Waals surface area contributed by atoms with Crippen LogP contribution in [0.25, 0.3) is 22.1 Å². The van der Waals surface area contributed by atoms with Crippen LogP contribution in [-0.2, 0) is 4.79 Å². The molecule has 12 heteroatoms. The Labute approximate surface area is 264 Å². The number of furan rings is 1. The first-order valence-electron chi connectivity index (χ1n) is 12.7. The fourth-order valence-corrected chi connectivity index (χ4v) is 5.58. The van der Waals surface area contributed by atoms with E-state index in [-0.39, 0.29) is 52.7 Å². The molecule has 1 aromatic heterocycles. The van der Waals surface area contributed by atoms with Gasteiger partial charge in [-0.3, -0.25) is 9.59 Å². The van der Waals surface area contributed by atoms with Gasteiger partial charge < -0.3 is 31.1 Å². The van der Waals surface area contributed by atoms with Crippen LogP contribution >= 0.6 is 23.2 Å². The Kier molecular flexibility index (Phi) is 12.7. The number of carbonyl (C=O) groups excluding carboxylic acids is 2. The van der Waals surface area contributed by atoms with Gasteiger partial charge in [0, 0.05) is 10.6 Å². The third-order valence-electron chi connectivity index (χ3n) is 7.08. The molecule has 42 heavy (non-hydrogen) atoms. The van der Waals surface area contributed by atoms with Crippen LogP contribution < -0.4 is 29.5 Å². The van der Waals surface area contributed by atoms with Gasteiger partial charge in [-0.1, -0.05) is 66.7 Å². The largest absolute Gasteiger partial charge is 1.00 e. The van der Waals surface area contributed by atoms with Crippen molar-refractivity contribution in [2.24, 2.45) is 5.92 Å². The van der Waals surface area contributed by atoms with Crippen molar-refractivity contribution in [3.05, 3.63) is 88.1 Å². The number of anilines is 1. The summed E-state index contributed by atoms with van der Waals surface area (Å²) in [7, 11) is 0. The molecular weight excluding hydrogens is 578 g/mol. The average Bonchev–Trinajstić information content (AvgIpc) is 3.42. The molecular formula is C30H29Cl2LiN2O7. The second kappa shape index (κ2) is 15.3. The summed E-state index contributed by atoms with van der Waals surface area (Å²) in [5.74, 6) is -1.94. The monoisotopic (exact) mass is 606 g/mol. The first kappa shape index (κ1) is 34.9. The van der Waals surface area contributed by atoms with Crippen molar-refractivity contribution in [1.29, 1.82) is 0 Å². The standard InChI is InChI=1S/C30H26Cl2N2O5.Li.2H2O/c31-20-10-11-21(23(32)16-20)25-12-13-26(39-25)29(36)33-24-15-19-9-5-4-8-18(19)14-22(24)28(35)34-27(30(37)38)17-6-2-1-3-7-17;;;/h4-5,8-17,27H,1-3,6-7H2,(H,33,36)(H,34,35)(H,37,38);;2*1H2/q;+1;;/p-1/t27-;;;/m0.../s1. The van der Waals surface area contributed by atoms with Gasteiger partial charge in [-0.2, -0.15) is 0 Å². The van der Waals surface area contributed by atoms with Gasteiger partial charge in [-0.25, -0.2) is 4.79 Å². The SMILES string of the molecule is O.O=C(Nc1cc2ccccc2cc1C(=O)N[C@H](C(=O)O)C1CCCCC1)c1ccc(-c2ccc(Cl)cc2Cl)o1.[Li+].[OH-]. The molecule has 216 valence electrons. The molecule has 0 unspecified atom stereocenters. The van der Waals surface area contributed by atoms with Gasteiger partial charge >= 0.3 is 24.8 Å². The van der Waals surface area contributed by atoms with E-state index in [0.29, 0.717) is 21.4 Å². The number of hydrogen-bond acceptors (Lipinski definition) is 5. The third-order valence-corrected chi connectivity index (χ3v) is 7.63. The third kappa shape index (κ3) is 7.75. The van der Waals surface area contributed by atoms with Crippen LogP contribution in [-0.4, -0.2) is 39.9 Å². The zero-order valence-corrected chi connectivity index (χ0v) is 24.3. The number of rotatable bonds is 7. The number of carboxylic acid groups (broad SMARTS) is 1. The van der Waals surface area contributed by atoms with Crippen LogP contribution in [0.4, 0.5) is 5.69 Å². The van der Waals surface area contributed by atoms with Gasteiger partial charge in [0.2, 0.25) is 0 Å². The molecule has 0 spiro atoms. The fraction of sp³-hybridized carbons (Fsp3) is 0.233. The van der Waals surface area contributed by atoms with E-state index >= 15 is 0 Å². The van der Waals surface area contributed by atoms with Gasteiger partial charge in [0.15, 0.2) is 5.76 Å². The van der Waals surface area contributed by atoms with E-state index in [4.69, 9.17) is 27.6 Å². The number of aliphatic carboxylic acids is 1. The number of nitrogens with one attached hydrogen (secondary N) is 2. The predicted octanol–water partition coefficient (Wildman–Crippen LogP) is 3.42. The summed E-state index contributed by atoms with van der Waals surface area (Å²) < 4.78 is 5.77. The molecule has 1 saturated carbocycles. The number of fused-ring (bicyclic) bond motifs is 1. The Balaban J connectivity index is 0.00000205. The molecule has 1 aliphatic carbocycles. The quantitative estimate of drug-likeness (QED) is 0.272. The topological polar surface area (TPSA) is 170 Å². The molecule has 1 heterocycles. The maximum Gasteiger partial charge on any atom is 1.00 e. The minimum atomic E-state index is -1.06. The maximum atomic E-state index is 13.5. The minimum absolute atomic E-state index is 0. The number of carboxylic acids is 1. The summed E-state index contributed by atoms with van der Waals surface area (Å²) >= 11 is 12.3. The number of amides is 2. The molecule has 1 atom stereocenters. The van der Waals surface area contributed by atoms with Crippen molar-refractivity contribution >= 4 is 57.4 Å². The van der Waals surface area contributed by atoms with Gasteiger partial charge in [0.1, 0.15) is 11.8 Å². The Morgan fingerprint density at radius 2 is 1.55 bits per heavy atom. The van der Waals surface area contributed by atoms with Crippen molar-refractivity contribution in [2.75, 3.05) is 5.32 Å². The second-order valence-electron chi connectivity index (χ2n) is 9.67. The first-order chi connectivity index (χ1) is 18.8. The number of carbonyl (C=O) groups is 3. The molecule has 5 rings (SSSR count). The van der Waals surface area contributed by atoms with Gasteiger partial charge in [-0.15, -0.1) is 0 Å². The smallest absolute Gasteiger partial charge is 0.870 e. The van der Waals surface area contributed by atoms with Crippen LogP contribution in [0.2, 0.25) is 10.0 Å². The molecule has 9 nitrogen and oxygen atoms in total. The molecule has 1 fully saturated rings. The number of hydrogen-bond donors (Lipinski definition) is 3. The van der Waals surface area contributed by atoms with Gasteiger partial charge in [0.25, 0.3) is 11.8 Å². The van der Waals surface area contributed by atoms with Crippen molar-refractivity contribution in [1.82, 2.24) is 5.32 Å². The second-order valence-corrected chi connectivity index (χ2v) is 10.5. The van der Waals surface area contributed by atoms with Crippen molar-refractivity contribution in [2.45, 2.75) is 38.1 Å². The zero-order valence-electron chi connectivity index (χ0n) is 22.8. The first-order valence-corrected chi connectivity index (χ1v) is 13.5. The predicted molar refractivity (Wildman–Crippen MR) is 157 cm³/mol. The van der Waals surface area contributed by atoms with Gasteiger partial charge in [-0.05, 0) is 72.0 Å². The van der Waals surface area contributed by atoms with E-state index in [1.165, 1.54) is 6.07 Å². The number of halogens is 2. The van der Waals surface area contributed by atoms with Crippen LogP contribution in [0.3, 0.4) is 0 Å².